The van der Waals surface area contributed by atoms with Crippen molar-refractivity contribution in [3.63, 3.8) is 0 Å². The molecule has 3 aromatic rings. The van der Waals surface area contributed by atoms with E-state index in [-0.39, 0.29) is 11.3 Å². The molecule has 0 aliphatic heterocycles. The van der Waals surface area contributed by atoms with Crippen LogP contribution >= 0.6 is 34.5 Å². The second-order valence-corrected chi connectivity index (χ2v) is 11.5. The summed E-state index contributed by atoms with van der Waals surface area (Å²) in [6.45, 7) is 6.71. The lowest BCUT2D eigenvalue weighted by atomic mass is 9.72. The van der Waals surface area contributed by atoms with Gasteiger partial charge in [-0.2, -0.15) is 0 Å². The van der Waals surface area contributed by atoms with Crippen LogP contribution in [0.15, 0.2) is 40.8 Å². The molecule has 4 rings (SSSR count). The molecule has 5 nitrogen and oxygen atoms in total. The zero-order chi connectivity index (χ0) is 24.6. The standard InChI is InChI=1S/C26H26Cl2N2O3S/c1-26(2,3)15-4-7-19-21(12-15)34-25(23(19)24(29)32)30-22(31)9-6-18-5-8-20(33-18)14-10-16(27)13-17(28)11-14/h5-6,8-11,13,15H,4,7,12H2,1-3H3,(H2,29,32)(H,30,31)/b9-6+. The summed E-state index contributed by atoms with van der Waals surface area (Å²) in [6, 6.07) is 8.68. The fraction of sp³-hybridized carbons (Fsp3) is 0.308. The monoisotopic (exact) mass is 516 g/mol. The van der Waals surface area contributed by atoms with Crippen molar-refractivity contribution in [1.29, 1.82) is 0 Å². The van der Waals surface area contributed by atoms with Gasteiger partial charge in [0, 0.05) is 26.6 Å². The Hall–Kier alpha value is -2.54. The van der Waals surface area contributed by atoms with Crippen molar-refractivity contribution in [1.82, 2.24) is 0 Å². The number of nitrogens with two attached hydrogens (primary N) is 1. The van der Waals surface area contributed by atoms with Crippen LogP contribution in [0.4, 0.5) is 5.00 Å². The predicted octanol–water partition coefficient (Wildman–Crippen LogP) is 7.22. The molecule has 1 unspecified atom stereocenters. The fourth-order valence-corrected chi connectivity index (χ4v) is 6.14. The molecule has 8 heteroatoms. The van der Waals surface area contributed by atoms with E-state index in [1.165, 1.54) is 17.4 Å². The highest BCUT2D eigenvalue weighted by atomic mass is 35.5. The summed E-state index contributed by atoms with van der Waals surface area (Å²) in [6.07, 6.45) is 5.62. The van der Waals surface area contributed by atoms with Crippen molar-refractivity contribution < 1.29 is 14.0 Å². The molecule has 2 amide bonds. The second-order valence-electron chi connectivity index (χ2n) is 9.56. The van der Waals surface area contributed by atoms with Crippen molar-refractivity contribution in [2.24, 2.45) is 17.1 Å². The van der Waals surface area contributed by atoms with Crippen LogP contribution in [0.5, 0.6) is 0 Å². The first-order valence-corrected chi connectivity index (χ1v) is 12.6. The van der Waals surface area contributed by atoms with Gasteiger partial charge in [-0.1, -0.05) is 44.0 Å². The third-order valence-corrected chi connectivity index (χ3v) is 7.75. The Morgan fingerprint density at radius 2 is 1.88 bits per heavy atom. The summed E-state index contributed by atoms with van der Waals surface area (Å²) in [4.78, 5) is 26.0. The Morgan fingerprint density at radius 1 is 1.18 bits per heavy atom. The van der Waals surface area contributed by atoms with Crippen molar-refractivity contribution in [2.75, 3.05) is 5.32 Å². The van der Waals surface area contributed by atoms with E-state index in [2.05, 4.69) is 26.1 Å². The van der Waals surface area contributed by atoms with Crippen molar-refractivity contribution in [3.05, 3.63) is 68.2 Å². The average molecular weight is 517 g/mol. The van der Waals surface area contributed by atoms with Gasteiger partial charge in [0.2, 0.25) is 5.91 Å². The van der Waals surface area contributed by atoms with Gasteiger partial charge in [-0.25, -0.2) is 0 Å². The smallest absolute Gasteiger partial charge is 0.251 e. The lowest BCUT2D eigenvalue weighted by Crippen LogP contribution is -2.27. The normalized spacial score (nSPS) is 16.0. The van der Waals surface area contributed by atoms with Crippen molar-refractivity contribution in [2.45, 2.75) is 40.0 Å². The third kappa shape index (κ3) is 5.40. The molecule has 34 heavy (non-hydrogen) atoms. The Balaban J connectivity index is 1.50. The van der Waals surface area contributed by atoms with E-state index in [0.29, 0.717) is 38.0 Å². The number of nitrogens with one attached hydrogen (secondary N) is 1. The molecule has 2 heterocycles. The van der Waals surface area contributed by atoms with E-state index < -0.39 is 5.91 Å². The second kappa shape index (κ2) is 9.61. The van der Waals surface area contributed by atoms with Gasteiger partial charge in [-0.3, -0.25) is 9.59 Å². The first-order chi connectivity index (χ1) is 16.0. The number of anilines is 1. The van der Waals surface area contributed by atoms with Crippen LogP contribution < -0.4 is 11.1 Å². The number of fused-ring (bicyclic) bond motifs is 1. The number of primary amides is 1. The number of carbonyl (C=O) groups is 2. The van der Waals surface area contributed by atoms with Crippen LogP contribution in [0, 0.1) is 11.3 Å². The maximum Gasteiger partial charge on any atom is 0.251 e. The van der Waals surface area contributed by atoms with Crippen LogP contribution in [0.25, 0.3) is 17.4 Å². The van der Waals surface area contributed by atoms with Crippen molar-refractivity contribution in [3.8, 4) is 11.3 Å². The Morgan fingerprint density at radius 3 is 2.53 bits per heavy atom. The summed E-state index contributed by atoms with van der Waals surface area (Å²) in [5.74, 6) is 0.721. The van der Waals surface area contributed by atoms with E-state index in [0.717, 1.165) is 35.3 Å². The first-order valence-electron chi connectivity index (χ1n) is 11.0. The molecule has 1 aliphatic carbocycles. The van der Waals surface area contributed by atoms with Crippen LogP contribution in [0.3, 0.4) is 0 Å². The molecule has 0 fully saturated rings. The third-order valence-electron chi connectivity index (χ3n) is 6.15. The molecule has 2 aromatic heterocycles. The number of benzene rings is 1. The van der Waals surface area contributed by atoms with Gasteiger partial charge in [0.05, 0.1) is 5.56 Å². The summed E-state index contributed by atoms with van der Waals surface area (Å²) in [7, 11) is 0. The van der Waals surface area contributed by atoms with Crippen LogP contribution in [0.1, 0.15) is 53.8 Å². The van der Waals surface area contributed by atoms with E-state index in [9.17, 15) is 9.59 Å². The predicted molar refractivity (Wildman–Crippen MR) is 140 cm³/mol. The Labute approximate surface area is 212 Å². The number of hydrogen-bond acceptors (Lipinski definition) is 4. The largest absolute Gasteiger partial charge is 0.457 e. The highest BCUT2D eigenvalue weighted by Crippen LogP contribution is 2.44. The molecule has 3 N–H and O–H groups in total. The van der Waals surface area contributed by atoms with E-state index >= 15 is 0 Å². The van der Waals surface area contributed by atoms with Gasteiger partial charge in [0.25, 0.3) is 5.91 Å². The van der Waals surface area contributed by atoms with Gasteiger partial charge < -0.3 is 15.5 Å². The van der Waals surface area contributed by atoms with E-state index in [1.54, 1.807) is 36.4 Å². The molecule has 1 atom stereocenters. The molecule has 1 aliphatic rings. The summed E-state index contributed by atoms with van der Waals surface area (Å²) < 4.78 is 5.80. The number of carbonyl (C=O) groups excluding carboxylic acids is 2. The van der Waals surface area contributed by atoms with Gasteiger partial charge in [-0.05, 0) is 72.6 Å². The number of amides is 2. The number of rotatable bonds is 5. The molecule has 0 saturated heterocycles. The van der Waals surface area contributed by atoms with Gasteiger partial charge in [0.1, 0.15) is 16.5 Å². The zero-order valence-electron chi connectivity index (χ0n) is 19.2. The molecule has 0 bridgehead atoms. The molecule has 1 aromatic carbocycles. The lowest BCUT2D eigenvalue weighted by Gasteiger charge is -2.33. The number of furan rings is 1. The fourth-order valence-electron chi connectivity index (χ4n) is 4.28. The van der Waals surface area contributed by atoms with E-state index in [4.69, 9.17) is 33.4 Å². The van der Waals surface area contributed by atoms with Crippen LogP contribution in [-0.2, 0) is 17.6 Å². The quantitative estimate of drug-likeness (QED) is 0.351. The molecule has 178 valence electrons. The summed E-state index contributed by atoms with van der Waals surface area (Å²) in [5, 5.41) is 4.37. The molecular weight excluding hydrogens is 491 g/mol. The lowest BCUT2D eigenvalue weighted by molar-refractivity contribution is -0.111. The zero-order valence-corrected chi connectivity index (χ0v) is 21.5. The number of halogens is 2. The Kier molecular flexibility index (Phi) is 6.94. The Bertz CT molecular complexity index is 1260. The highest BCUT2D eigenvalue weighted by Gasteiger charge is 2.33. The van der Waals surface area contributed by atoms with Gasteiger partial charge in [0.15, 0.2) is 0 Å². The molecule has 0 radical (unpaired) electrons. The van der Waals surface area contributed by atoms with Crippen molar-refractivity contribution >= 4 is 57.4 Å². The summed E-state index contributed by atoms with van der Waals surface area (Å²) >= 11 is 13.6. The van der Waals surface area contributed by atoms with Gasteiger partial charge in [-0.15, -0.1) is 11.3 Å². The molecule has 0 spiro atoms. The minimum atomic E-state index is -0.512. The van der Waals surface area contributed by atoms with Crippen LogP contribution in [0.2, 0.25) is 10.0 Å². The minimum absolute atomic E-state index is 0.180. The number of hydrogen-bond donors (Lipinski definition) is 2. The average Bonchev–Trinajstić information content (AvgIpc) is 3.34. The number of thiophene rings is 1. The highest BCUT2D eigenvalue weighted by molar-refractivity contribution is 7.17. The van der Waals surface area contributed by atoms with E-state index in [1.807, 2.05) is 0 Å². The summed E-state index contributed by atoms with van der Waals surface area (Å²) in [5.41, 5.74) is 8.03. The van der Waals surface area contributed by atoms with Crippen LogP contribution in [-0.4, -0.2) is 11.8 Å². The SMILES string of the molecule is CC(C)(C)C1CCc2c(sc(NC(=O)/C=C/c3ccc(-c4cc(Cl)cc(Cl)c4)o3)c2C(N)=O)C1. The van der Waals surface area contributed by atoms with Gasteiger partial charge >= 0.3 is 0 Å². The first kappa shape index (κ1) is 24.6. The molecular formula is C26H26Cl2N2O3S. The topological polar surface area (TPSA) is 85.3 Å². The minimum Gasteiger partial charge on any atom is -0.457 e. The maximum absolute atomic E-state index is 12.6. The maximum atomic E-state index is 12.6. The molecule has 0 saturated carbocycles.